The van der Waals surface area contributed by atoms with Crippen LogP contribution in [0.5, 0.6) is 0 Å². The Balaban J connectivity index is 1.02. The van der Waals surface area contributed by atoms with Crippen molar-refractivity contribution in [2.24, 2.45) is 5.92 Å². The highest BCUT2D eigenvalue weighted by Crippen LogP contribution is 2.41. The molecule has 39 heavy (non-hydrogen) atoms. The highest BCUT2D eigenvalue weighted by Gasteiger charge is 2.33. The van der Waals surface area contributed by atoms with Gasteiger partial charge in [-0.2, -0.15) is 5.10 Å². The summed E-state index contributed by atoms with van der Waals surface area (Å²) in [5, 5.41) is 12.7. The number of aromatic amines is 1. The summed E-state index contributed by atoms with van der Waals surface area (Å²) in [5.74, 6) is 1.29. The summed E-state index contributed by atoms with van der Waals surface area (Å²) in [6, 6.07) is 6.08. The monoisotopic (exact) mass is 544 g/mol. The molecule has 11 heteroatoms. The van der Waals surface area contributed by atoms with Gasteiger partial charge in [-0.15, -0.1) is 11.3 Å². The first kappa shape index (κ1) is 24.5. The highest BCUT2D eigenvalue weighted by molar-refractivity contribution is 7.19. The third-order valence-electron chi connectivity index (χ3n) is 8.40. The van der Waals surface area contributed by atoms with Crippen molar-refractivity contribution in [3.8, 4) is 0 Å². The Bertz CT molecular complexity index is 1530. The first-order chi connectivity index (χ1) is 19.1. The Kier molecular flexibility index (Phi) is 6.40. The van der Waals surface area contributed by atoms with Crippen LogP contribution in [-0.4, -0.2) is 92.5 Å². The molecule has 2 fully saturated rings. The molecular formula is C28H32N8O2S. The Morgan fingerprint density at radius 1 is 1.05 bits per heavy atom. The van der Waals surface area contributed by atoms with E-state index >= 15 is 0 Å². The first-order valence-electron chi connectivity index (χ1n) is 13.9. The van der Waals surface area contributed by atoms with Gasteiger partial charge in [-0.3, -0.25) is 19.6 Å². The number of H-pyrrole nitrogens is 1. The Morgan fingerprint density at radius 2 is 1.90 bits per heavy atom. The molecule has 3 aromatic heterocycles. The third-order valence-corrected chi connectivity index (χ3v) is 9.56. The fraction of sp³-hybridized carbons (Fsp3) is 0.464. The SMILES string of the molecule is O=C(CN1CCN(C(=O)[C@H]2CCc3c(sc4ncnc(Nc5ccc6[nH]ncc6c5)c34)C2)CC1)N1CCCC1. The molecule has 4 aromatic rings. The summed E-state index contributed by atoms with van der Waals surface area (Å²) in [4.78, 5) is 43.6. The maximum absolute atomic E-state index is 13.5. The zero-order valence-corrected chi connectivity index (χ0v) is 22.7. The number of aromatic nitrogens is 4. The Labute approximate surface area is 230 Å². The predicted molar refractivity (Wildman–Crippen MR) is 151 cm³/mol. The number of nitrogens with zero attached hydrogens (tertiary/aromatic N) is 6. The molecule has 2 amide bonds. The molecule has 0 spiro atoms. The number of aryl methyl sites for hydroxylation is 1. The van der Waals surface area contributed by atoms with Gasteiger partial charge in [-0.25, -0.2) is 9.97 Å². The van der Waals surface area contributed by atoms with Crippen LogP contribution in [-0.2, 0) is 22.4 Å². The number of rotatable bonds is 5. The number of thiophene rings is 1. The van der Waals surface area contributed by atoms with Gasteiger partial charge in [0.15, 0.2) is 0 Å². The van der Waals surface area contributed by atoms with Crippen LogP contribution < -0.4 is 5.32 Å². The number of piperazine rings is 1. The summed E-state index contributed by atoms with van der Waals surface area (Å²) in [7, 11) is 0. The maximum Gasteiger partial charge on any atom is 0.236 e. The number of amides is 2. The minimum absolute atomic E-state index is 0.00351. The molecule has 1 aromatic carbocycles. The van der Waals surface area contributed by atoms with Gasteiger partial charge in [0.05, 0.1) is 23.6 Å². The number of carbonyl (C=O) groups is 2. The van der Waals surface area contributed by atoms with Crippen molar-refractivity contribution in [1.82, 2.24) is 34.9 Å². The minimum Gasteiger partial charge on any atom is -0.342 e. The second-order valence-electron chi connectivity index (χ2n) is 10.8. The maximum atomic E-state index is 13.5. The standard InChI is InChI=1S/C28H32N8O2S/c37-24(35-7-1-2-8-35)16-34-9-11-36(12-10-34)28(38)18-3-5-21-23(14-18)39-27-25(21)26(29-17-30-27)32-20-4-6-22-19(13-20)15-31-33-22/h4,6,13,15,17-18H,1-3,5,7-12,14,16H2,(H,31,33)(H,29,30,32)/t18-/m0/s1. The van der Waals surface area contributed by atoms with E-state index in [0.717, 1.165) is 90.9 Å². The molecule has 0 unspecified atom stereocenters. The van der Waals surface area contributed by atoms with E-state index in [1.807, 2.05) is 28.1 Å². The lowest BCUT2D eigenvalue weighted by molar-refractivity contribution is -0.138. The molecule has 2 N–H and O–H groups in total. The second-order valence-corrected chi connectivity index (χ2v) is 11.9. The largest absolute Gasteiger partial charge is 0.342 e. The van der Waals surface area contributed by atoms with Crippen LogP contribution in [0.25, 0.3) is 21.1 Å². The van der Waals surface area contributed by atoms with E-state index in [2.05, 4.69) is 36.4 Å². The number of benzene rings is 1. The number of hydrogen-bond acceptors (Lipinski definition) is 8. The molecule has 0 bridgehead atoms. The summed E-state index contributed by atoms with van der Waals surface area (Å²) in [6.45, 7) is 5.18. The van der Waals surface area contributed by atoms with E-state index in [4.69, 9.17) is 0 Å². The van der Waals surface area contributed by atoms with Gasteiger partial charge in [-0.05, 0) is 55.9 Å². The quantitative estimate of drug-likeness (QED) is 0.397. The van der Waals surface area contributed by atoms with E-state index in [-0.39, 0.29) is 17.7 Å². The molecule has 10 nitrogen and oxygen atoms in total. The van der Waals surface area contributed by atoms with Gasteiger partial charge in [0.1, 0.15) is 17.0 Å². The fourth-order valence-electron chi connectivity index (χ4n) is 6.22. The van der Waals surface area contributed by atoms with Crippen molar-refractivity contribution >= 4 is 55.8 Å². The summed E-state index contributed by atoms with van der Waals surface area (Å²) in [6.07, 6.45) is 8.09. The molecule has 5 heterocycles. The van der Waals surface area contributed by atoms with Crippen molar-refractivity contribution in [3.05, 3.63) is 41.2 Å². The molecular weight excluding hydrogens is 512 g/mol. The van der Waals surface area contributed by atoms with Crippen LogP contribution in [0.1, 0.15) is 29.7 Å². The van der Waals surface area contributed by atoms with E-state index in [1.165, 1.54) is 10.4 Å². The van der Waals surface area contributed by atoms with Gasteiger partial charge >= 0.3 is 0 Å². The first-order valence-corrected chi connectivity index (χ1v) is 14.7. The van der Waals surface area contributed by atoms with Crippen LogP contribution in [0.15, 0.2) is 30.7 Å². The lowest BCUT2D eigenvalue weighted by Crippen LogP contribution is -2.52. The summed E-state index contributed by atoms with van der Waals surface area (Å²) in [5.41, 5.74) is 3.22. The summed E-state index contributed by atoms with van der Waals surface area (Å²) < 4.78 is 0. The predicted octanol–water partition coefficient (Wildman–Crippen LogP) is 3.18. The van der Waals surface area contributed by atoms with Gasteiger partial charge in [0.2, 0.25) is 11.8 Å². The number of nitrogens with one attached hydrogen (secondary N) is 2. The number of anilines is 2. The van der Waals surface area contributed by atoms with Crippen LogP contribution in [0, 0.1) is 5.92 Å². The fourth-order valence-corrected chi connectivity index (χ4v) is 7.48. The van der Waals surface area contributed by atoms with Crippen molar-refractivity contribution in [2.75, 3.05) is 51.1 Å². The van der Waals surface area contributed by atoms with E-state index in [0.29, 0.717) is 19.6 Å². The van der Waals surface area contributed by atoms with Crippen LogP contribution in [0.2, 0.25) is 0 Å². The summed E-state index contributed by atoms with van der Waals surface area (Å²) >= 11 is 1.69. The molecule has 1 aliphatic carbocycles. The molecule has 3 aliphatic rings. The smallest absolute Gasteiger partial charge is 0.236 e. The van der Waals surface area contributed by atoms with Crippen molar-refractivity contribution in [3.63, 3.8) is 0 Å². The molecule has 202 valence electrons. The molecule has 0 radical (unpaired) electrons. The second kappa shape index (κ2) is 10.2. The van der Waals surface area contributed by atoms with Crippen LogP contribution >= 0.6 is 11.3 Å². The Hall–Kier alpha value is -3.57. The zero-order valence-electron chi connectivity index (χ0n) is 21.9. The van der Waals surface area contributed by atoms with Gasteiger partial charge in [-0.1, -0.05) is 0 Å². The third kappa shape index (κ3) is 4.74. The molecule has 2 saturated heterocycles. The lowest BCUT2D eigenvalue weighted by atomic mass is 9.86. The molecule has 1 atom stereocenters. The van der Waals surface area contributed by atoms with Crippen molar-refractivity contribution in [1.29, 1.82) is 0 Å². The normalized spacial score (nSPS) is 20.1. The van der Waals surface area contributed by atoms with Crippen molar-refractivity contribution in [2.45, 2.75) is 32.1 Å². The minimum atomic E-state index is -0.00351. The lowest BCUT2D eigenvalue weighted by Gasteiger charge is -2.37. The Morgan fingerprint density at radius 3 is 2.74 bits per heavy atom. The topological polar surface area (TPSA) is 110 Å². The molecule has 0 saturated carbocycles. The number of likely N-dealkylation sites (tertiary alicyclic amines) is 1. The van der Waals surface area contributed by atoms with Gasteiger partial charge in [0, 0.05) is 61.1 Å². The highest BCUT2D eigenvalue weighted by atomic mass is 32.1. The van der Waals surface area contributed by atoms with Crippen LogP contribution in [0.4, 0.5) is 11.5 Å². The van der Waals surface area contributed by atoms with E-state index in [1.54, 1.807) is 17.7 Å². The number of hydrogen-bond donors (Lipinski definition) is 2. The van der Waals surface area contributed by atoms with Crippen LogP contribution in [0.3, 0.4) is 0 Å². The number of fused-ring (bicyclic) bond motifs is 4. The van der Waals surface area contributed by atoms with Gasteiger partial charge < -0.3 is 15.1 Å². The van der Waals surface area contributed by atoms with E-state index < -0.39 is 0 Å². The average molecular weight is 545 g/mol. The van der Waals surface area contributed by atoms with Crippen molar-refractivity contribution < 1.29 is 9.59 Å². The number of carbonyl (C=O) groups excluding carboxylic acids is 2. The van der Waals surface area contributed by atoms with Gasteiger partial charge in [0.25, 0.3) is 0 Å². The molecule has 7 rings (SSSR count). The zero-order chi connectivity index (χ0) is 26.3. The average Bonchev–Trinajstić information content (AvgIpc) is 3.72. The molecule has 2 aliphatic heterocycles. The van der Waals surface area contributed by atoms with E-state index in [9.17, 15) is 9.59 Å².